The first-order valence-corrected chi connectivity index (χ1v) is 10.3. The molecule has 32 heavy (non-hydrogen) atoms. The van der Waals surface area contributed by atoms with Gasteiger partial charge in [0.25, 0.3) is 11.8 Å². The third kappa shape index (κ3) is 3.47. The molecule has 0 saturated heterocycles. The van der Waals surface area contributed by atoms with Crippen molar-refractivity contribution in [2.75, 3.05) is 6.54 Å². The number of pyridine rings is 1. The van der Waals surface area contributed by atoms with Crippen molar-refractivity contribution < 1.29 is 23.5 Å². The summed E-state index contributed by atoms with van der Waals surface area (Å²) < 4.78 is 29.6. The normalized spacial score (nSPS) is 21.8. The Hall–Kier alpha value is -3.49. The number of hydrogen-bond acceptors (Lipinski definition) is 4. The highest BCUT2D eigenvalue weighted by Crippen LogP contribution is 2.34. The zero-order chi connectivity index (χ0) is 23.3. The van der Waals surface area contributed by atoms with Gasteiger partial charge in [-0.1, -0.05) is 19.1 Å². The van der Waals surface area contributed by atoms with Gasteiger partial charge in [-0.25, -0.2) is 8.78 Å². The highest BCUT2D eigenvalue weighted by atomic mass is 19.1. The lowest BCUT2D eigenvalue weighted by atomic mass is 9.98. The summed E-state index contributed by atoms with van der Waals surface area (Å²) in [5.41, 5.74) is -1.53. The van der Waals surface area contributed by atoms with Crippen LogP contribution >= 0.6 is 0 Å². The summed E-state index contributed by atoms with van der Waals surface area (Å²) in [7, 11) is 0. The number of aromatic nitrogens is 1. The fraction of sp³-hybridized carbons (Fsp3) is 0.348. The van der Waals surface area contributed by atoms with E-state index in [2.05, 4.69) is 5.32 Å². The molecule has 2 bridgehead atoms. The minimum absolute atomic E-state index is 0.0390. The van der Waals surface area contributed by atoms with E-state index in [-0.39, 0.29) is 29.3 Å². The molecule has 0 aliphatic carbocycles. The Morgan fingerprint density at radius 1 is 1.19 bits per heavy atom. The second-order valence-electron chi connectivity index (χ2n) is 8.38. The van der Waals surface area contributed by atoms with Gasteiger partial charge in [0.2, 0.25) is 5.43 Å². The minimum atomic E-state index is -1.01. The summed E-state index contributed by atoms with van der Waals surface area (Å²) >= 11 is 0. The van der Waals surface area contributed by atoms with E-state index >= 15 is 0 Å². The van der Waals surface area contributed by atoms with Crippen molar-refractivity contribution in [1.29, 1.82) is 0 Å². The number of aryl methyl sites for hydroxylation is 1. The second kappa shape index (κ2) is 7.89. The molecule has 0 unspecified atom stereocenters. The number of carbonyl (C=O) groups is 2. The van der Waals surface area contributed by atoms with Gasteiger partial charge in [-0.2, -0.15) is 0 Å². The van der Waals surface area contributed by atoms with Crippen LogP contribution in [0.2, 0.25) is 0 Å². The number of halogens is 2. The molecule has 9 heteroatoms. The molecule has 0 fully saturated rings. The summed E-state index contributed by atoms with van der Waals surface area (Å²) in [6.45, 7) is 5.20. The minimum Gasteiger partial charge on any atom is -0.503 e. The molecule has 4 rings (SSSR count). The van der Waals surface area contributed by atoms with E-state index in [1.54, 1.807) is 4.90 Å². The van der Waals surface area contributed by atoms with E-state index in [1.165, 1.54) is 17.7 Å². The van der Waals surface area contributed by atoms with Crippen LogP contribution in [-0.4, -0.2) is 39.0 Å². The molecule has 3 atom stereocenters. The van der Waals surface area contributed by atoms with Gasteiger partial charge in [0.1, 0.15) is 17.2 Å². The number of amides is 2. The average Bonchev–Trinajstić information content (AvgIpc) is 2.85. The summed E-state index contributed by atoms with van der Waals surface area (Å²) in [6.07, 6.45) is 5.09. The van der Waals surface area contributed by atoms with Gasteiger partial charge in [0, 0.05) is 30.9 Å². The maximum atomic E-state index is 14.1. The van der Waals surface area contributed by atoms with Crippen LogP contribution in [0.25, 0.3) is 0 Å². The maximum absolute atomic E-state index is 14.1. The third-order valence-corrected chi connectivity index (χ3v) is 6.16. The highest BCUT2D eigenvalue weighted by molar-refractivity contribution is 5.99. The van der Waals surface area contributed by atoms with Crippen molar-refractivity contribution in [3.63, 3.8) is 0 Å². The lowest BCUT2D eigenvalue weighted by Gasteiger charge is -2.38. The van der Waals surface area contributed by atoms with E-state index in [4.69, 9.17) is 0 Å². The second-order valence-corrected chi connectivity index (χ2v) is 8.38. The maximum Gasteiger partial charge on any atom is 0.275 e. The SMILES string of the molecule is Cc1cc(F)c(CNC(=O)c2cn3c(c(O)c2=O)C(=O)N2C[C@@H]3[C@H](C)C=C[C@@H]2C)c(F)c1. The Labute approximate surface area is 183 Å². The van der Waals surface area contributed by atoms with Crippen LogP contribution in [0.5, 0.6) is 5.75 Å². The summed E-state index contributed by atoms with van der Waals surface area (Å²) in [5, 5.41) is 12.9. The topological polar surface area (TPSA) is 91.6 Å². The van der Waals surface area contributed by atoms with Crippen LogP contribution < -0.4 is 10.7 Å². The monoisotopic (exact) mass is 443 g/mol. The zero-order valence-corrected chi connectivity index (χ0v) is 17.9. The molecule has 2 aliphatic rings. The number of nitrogens with zero attached hydrogens (tertiary/aromatic N) is 2. The van der Waals surface area contributed by atoms with Crippen molar-refractivity contribution in [2.24, 2.45) is 5.92 Å². The fourth-order valence-corrected chi connectivity index (χ4v) is 4.26. The van der Waals surface area contributed by atoms with Crippen LogP contribution in [0.3, 0.4) is 0 Å². The van der Waals surface area contributed by atoms with E-state index in [9.17, 15) is 28.3 Å². The number of nitrogens with one attached hydrogen (secondary N) is 1. The summed E-state index contributed by atoms with van der Waals surface area (Å²) in [4.78, 5) is 40.0. The smallest absolute Gasteiger partial charge is 0.275 e. The van der Waals surface area contributed by atoms with Crippen LogP contribution in [0.4, 0.5) is 8.78 Å². The van der Waals surface area contributed by atoms with Crippen LogP contribution in [0.15, 0.2) is 35.3 Å². The molecular weight excluding hydrogens is 420 g/mol. The fourth-order valence-electron chi connectivity index (χ4n) is 4.26. The Morgan fingerprint density at radius 2 is 1.84 bits per heavy atom. The Bertz CT molecular complexity index is 1200. The molecule has 2 aromatic rings. The van der Waals surface area contributed by atoms with Gasteiger partial charge in [0.15, 0.2) is 11.4 Å². The molecule has 2 N–H and O–H groups in total. The molecule has 1 aromatic heterocycles. The van der Waals surface area contributed by atoms with Gasteiger partial charge < -0.3 is 19.9 Å². The number of fused-ring (bicyclic) bond motifs is 4. The Kier molecular flexibility index (Phi) is 5.36. The van der Waals surface area contributed by atoms with Gasteiger partial charge in [-0.3, -0.25) is 14.4 Å². The first-order chi connectivity index (χ1) is 15.1. The molecular formula is C23H23F2N3O4. The molecule has 2 amide bonds. The largest absolute Gasteiger partial charge is 0.503 e. The number of carbonyl (C=O) groups excluding carboxylic acids is 2. The average molecular weight is 443 g/mol. The number of benzene rings is 1. The van der Waals surface area contributed by atoms with Gasteiger partial charge >= 0.3 is 0 Å². The highest BCUT2D eigenvalue weighted by Gasteiger charge is 2.39. The van der Waals surface area contributed by atoms with Gasteiger partial charge in [-0.15, -0.1) is 0 Å². The van der Waals surface area contributed by atoms with Crippen molar-refractivity contribution >= 4 is 11.8 Å². The summed E-state index contributed by atoms with van der Waals surface area (Å²) in [5.74, 6) is -3.88. The van der Waals surface area contributed by atoms with Crippen LogP contribution in [0.1, 0.15) is 51.9 Å². The lowest BCUT2D eigenvalue weighted by molar-refractivity contribution is 0.0612. The van der Waals surface area contributed by atoms with Crippen molar-refractivity contribution in [1.82, 2.24) is 14.8 Å². The number of allylic oxidation sites excluding steroid dienone is 1. The molecule has 2 aliphatic heterocycles. The van der Waals surface area contributed by atoms with E-state index in [0.717, 1.165) is 12.1 Å². The third-order valence-electron chi connectivity index (χ3n) is 6.16. The van der Waals surface area contributed by atoms with Crippen molar-refractivity contribution in [3.05, 3.63) is 74.7 Å². The Morgan fingerprint density at radius 3 is 2.50 bits per heavy atom. The Balaban J connectivity index is 1.71. The predicted octanol–water partition coefficient (Wildman–Crippen LogP) is 2.66. The molecule has 1 aromatic carbocycles. The van der Waals surface area contributed by atoms with E-state index in [1.807, 2.05) is 26.0 Å². The quantitative estimate of drug-likeness (QED) is 0.714. The molecule has 0 radical (unpaired) electrons. The number of hydrogen-bond donors (Lipinski definition) is 2. The first kappa shape index (κ1) is 21.7. The summed E-state index contributed by atoms with van der Waals surface area (Å²) in [6, 6.07) is 1.78. The van der Waals surface area contributed by atoms with Crippen LogP contribution in [-0.2, 0) is 6.54 Å². The predicted molar refractivity (Wildman–Crippen MR) is 112 cm³/mol. The number of rotatable bonds is 3. The first-order valence-electron chi connectivity index (χ1n) is 10.3. The van der Waals surface area contributed by atoms with E-state index < -0.39 is 46.7 Å². The molecule has 3 heterocycles. The van der Waals surface area contributed by atoms with E-state index in [0.29, 0.717) is 12.1 Å². The molecule has 0 saturated carbocycles. The number of aromatic hydroxyl groups is 1. The molecule has 168 valence electrons. The van der Waals surface area contributed by atoms with Gasteiger partial charge in [-0.05, 0) is 37.5 Å². The van der Waals surface area contributed by atoms with Gasteiger partial charge in [0.05, 0.1) is 6.04 Å². The molecule has 7 nitrogen and oxygen atoms in total. The lowest BCUT2D eigenvalue weighted by Crippen LogP contribution is -2.48. The zero-order valence-electron chi connectivity index (χ0n) is 17.9. The molecule has 0 spiro atoms. The van der Waals surface area contributed by atoms with Crippen LogP contribution in [0, 0.1) is 24.5 Å². The van der Waals surface area contributed by atoms with Crippen molar-refractivity contribution in [2.45, 2.75) is 39.4 Å². The van der Waals surface area contributed by atoms with Crippen molar-refractivity contribution in [3.8, 4) is 5.75 Å². The standard InChI is InChI=1S/C23H23F2N3O4/c1-11-6-16(24)14(17(25)7-11)8-26-22(31)15-9-28-18-10-27(13(3)5-4-12(18)2)23(32)19(28)21(30)20(15)29/h4-7,9,12-13,18,30H,8,10H2,1-3H3,(H,26,31)/t12-,13+,18-/m1/s1.